The van der Waals surface area contributed by atoms with E-state index in [2.05, 4.69) is 25.8 Å². The number of aromatic nitrogens is 1. The highest BCUT2D eigenvalue weighted by Gasteiger charge is 2.19. The Bertz CT molecular complexity index is 1110. The maximum Gasteiger partial charge on any atom is 0.412 e. The number of anilines is 2. The first-order valence-electron chi connectivity index (χ1n) is 11.8. The van der Waals surface area contributed by atoms with Crippen LogP contribution >= 0.6 is 0 Å². The van der Waals surface area contributed by atoms with Gasteiger partial charge in [-0.15, -0.1) is 0 Å². The lowest BCUT2D eigenvalue weighted by molar-refractivity contribution is 0.0635. The number of hydrogen-bond donors (Lipinski definition) is 3. The molecule has 4 amide bonds. The number of carbonyl (C=O) groups is 3. The average Bonchev–Trinajstić information content (AvgIpc) is 2.82. The van der Waals surface area contributed by atoms with Crippen molar-refractivity contribution in [3.05, 3.63) is 65.3 Å². The molecule has 0 atom stereocenters. The van der Waals surface area contributed by atoms with Crippen molar-refractivity contribution >= 4 is 29.4 Å². The predicted molar refractivity (Wildman–Crippen MR) is 142 cm³/mol. The number of pyridine rings is 1. The Labute approximate surface area is 218 Å². The number of nitrogens with zero attached hydrogens (tertiary/aromatic N) is 4. The molecular weight excluding hydrogens is 474 g/mol. The molecule has 0 radical (unpaired) electrons. The summed E-state index contributed by atoms with van der Waals surface area (Å²) in [5.74, 6) is -0.452. The summed E-state index contributed by atoms with van der Waals surface area (Å²) >= 11 is 0. The van der Waals surface area contributed by atoms with Crippen molar-refractivity contribution in [2.24, 2.45) is 0 Å². The molecule has 0 aliphatic heterocycles. The van der Waals surface area contributed by atoms with Crippen LogP contribution < -0.4 is 16.0 Å². The third kappa shape index (κ3) is 10.5. The highest BCUT2D eigenvalue weighted by Crippen LogP contribution is 2.22. The number of amides is 4. The van der Waals surface area contributed by atoms with E-state index in [1.807, 2.05) is 19.0 Å². The second-order valence-corrected chi connectivity index (χ2v) is 9.52. The number of likely N-dealkylation sites (N-methyl/N-ethyl adjacent to an activating group) is 1. The fourth-order valence-corrected chi connectivity index (χ4v) is 3.08. The zero-order valence-electron chi connectivity index (χ0n) is 22.0. The number of para-hydroxylation sites is 2. The number of nitrogens with one attached hydrogen (secondary N) is 3. The highest BCUT2D eigenvalue weighted by molar-refractivity contribution is 6.05. The molecule has 0 bridgehead atoms. The van der Waals surface area contributed by atoms with Crippen molar-refractivity contribution in [3.8, 4) is 0 Å². The van der Waals surface area contributed by atoms with Gasteiger partial charge in [0.05, 0.1) is 17.9 Å². The summed E-state index contributed by atoms with van der Waals surface area (Å²) in [4.78, 5) is 48.7. The Morgan fingerprint density at radius 3 is 2.27 bits per heavy atom. The molecule has 0 unspecified atom stereocenters. The van der Waals surface area contributed by atoms with E-state index in [1.165, 1.54) is 0 Å². The van der Waals surface area contributed by atoms with Crippen LogP contribution in [0.25, 0.3) is 4.85 Å². The smallest absolute Gasteiger partial charge is 0.412 e. The second-order valence-electron chi connectivity index (χ2n) is 9.52. The van der Waals surface area contributed by atoms with Crippen molar-refractivity contribution in [3.63, 3.8) is 0 Å². The van der Waals surface area contributed by atoms with Gasteiger partial charge in [-0.05, 0) is 58.6 Å². The Balaban J connectivity index is 2.06. The minimum absolute atomic E-state index is 0.178. The van der Waals surface area contributed by atoms with Gasteiger partial charge in [0.1, 0.15) is 11.3 Å². The molecule has 0 saturated heterocycles. The van der Waals surface area contributed by atoms with Gasteiger partial charge in [0.2, 0.25) is 6.54 Å². The number of benzene rings is 1. The molecule has 11 nitrogen and oxygen atoms in total. The monoisotopic (exact) mass is 509 g/mol. The molecule has 0 fully saturated rings. The maximum atomic E-state index is 12.8. The van der Waals surface area contributed by atoms with Gasteiger partial charge in [-0.2, -0.15) is 0 Å². The summed E-state index contributed by atoms with van der Waals surface area (Å²) in [6.45, 7) is 14.1. The molecule has 0 aliphatic rings. The van der Waals surface area contributed by atoms with Gasteiger partial charge >= 0.3 is 12.1 Å². The van der Waals surface area contributed by atoms with E-state index in [0.29, 0.717) is 31.0 Å². The fraction of sp³-hybridized carbons (Fsp3) is 0.423. The topological polar surface area (TPSA) is 120 Å². The number of urea groups is 1. The SMILES string of the molecule is [C-]#[N+]CCNC(=O)N(CCN(C)C)Cc1ccc(C(=O)Nc2ccccc2NC(=O)OC(C)(C)C)nc1. The lowest BCUT2D eigenvalue weighted by atomic mass is 10.2. The minimum Gasteiger partial charge on any atom is -0.444 e. The van der Waals surface area contributed by atoms with Crippen molar-refractivity contribution < 1.29 is 19.1 Å². The van der Waals surface area contributed by atoms with Crippen LogP contribution in [0, 0.1) is 6.57 Å². The summed E-state index contributed by atoms with van der Waals surface area (Å²) < 4.78 is 5.28. The van der Waals surface area contributed by atoms with Crippen LogP contribution in [-0.4, -0.2) is 78.7 Å². The molecule has 0 saturated carbocycles. The van der Waals surface area contributed by atoms with Gasteiger partial charge in [0, 0.05) is 25.8 Å². The van der Waals surface area contributed by atoms with Crippen LogP contribution in [0.3, 0.4) is 0 Å². The van der Waals surface area contributed by atoms with Crippen molar-refractivity contribution in [1.29, 1.82) is 0 Å². The van der Waals surface area contributed by atoms with Crippen LogP contribution in [0.2, 0.25) is 0 Å². The molecule has 2 rings (SSSR count). The van der Waals surface area contributed by atoms with Crippen molar-refractivity contribution in [2.75, 3.05) is 50.9 Å². The summed E-state index contributed by atoms with van der Waals surface area (Å²) in [5, 5.41) is 8.15. The van der Waals surface area contributed by atoms with Gasteiger partial charge in [0.15, 0.2) is 0 Å². The molecule has 37 heavy (non-hydrogen) atoms. The first kappa shape index (κ1) is 29.1. The molecule has 2 aromatic rings. The molecule has 198 valence electrons. The summed E-state index contributed by atoms with van der Waals surface area (Å²) in [6, 6.07) is 9.84. The van der Waals surface area contributed by atoms with Crippen molar-refractivity contribution in [1.82, 2.24) is 20.1 Å². The third-order valence-electron chi connectivity index (χ3n) is 4.85. The fourth-order valence-electron chi connectivity index (χ4n) is 3.08. The first-order valence-corrected chi connectivity index (χ1v) is 11.8. The zero-order valence-corrected chi connectivity index (χ0v) is 22.0. The Morgan fingerprint density at radius 1 is 1.03 bits per heavy atom. The molecule has 1 heterocycles. The van der Waals surface area contributed by atoms with Crippen LogP contribution in [0.5, 0.6) is 0 Å². The van der Waals surface area contributed by atoms with Crippen LogP contribution in [-0.2, 0) is 11.3 Å². The van der Waals surface area contributed by atoms with Crippen LogP contribution in [0.15, 0.2) is 42.6 Å². The van der Waals surface area contributed by atoms with E-state index >= 15 is 0 Å². The van der Waals surface area contributed by atoms with E-state index in [9.17, 15) is 14.4 Å². The molecular formula is C26H35N7O4. The third-order valence-corrected chi connectivity index (χ3v) is 4.85. The predicted octanol–water partition coefficient (Wildman–Crippen LogP) is 3.67. The van der Waals surface area contributed by atoms with Gasteiger partial charge < -0.3 is 30.0 Å². The zero-order chi connectivity index (χ0) is 27.4. The standard InChI is InChI=1S/C26H35N7O4/c1-26(2,3)37-25(36)31-21-10-8-7-9-20(21)30-23(34)22-12-11-19(17-29-22)18-33(16-15-32(5)6)24(35)28-14-13-27-4/h7-12,17H,13-16,18H2,1-3,5-6H3,(H,28,35)(H,30,34)(H,31,36). The van der Waals surface area contributed by atoms with Gasteiger partial charge in [0.25, 0.3) is 5.91 Å². The van der Waals surface area contributed by atoms with E-state index in [1.54, 1.807) is 68.3 Å². The molecule has 3 N–H and O–H groups in total. The number of rotatable bonds is 10. The Kier molecular flexibility index (Phi) is 10.8. The summed E-state index contributed by atoms with van der Waals surface area (Å²) in [5.41, 5.74) is 1.06. The largest absolute Gasteiger partial charge is 0.444 e. The van der Waals surface area contributed by atoms with Crippen LogP contribution in [0.4, 0.5) is 21.0 Å². The molecule has 0 spiro atoms. The normalized spacial score (nSPS) is 10.8. The van der Waals surface area contributed by atoms with E-state index in [0.717, 1.165) is 5.56 Å². The quantitative estimate of drug-likeness (QED) is 0.332. The lowest BCUT2D eigenvalue weighted by Gasteiger charge is -2.24. The first-order chi connectivity index (χ1) is 17.5. The number of carbonyl (C=O) groups excluding carboxylic acids is 3. The molecule has 11 heteroatoms. The van der Waals surface area contributed by atoms with Gasteiger partial charge in [-0.25, -0.2) is 16.2 Å². The molecule has 1 aromatic carbocycles. The molecule has 0 aliphatic carbocycles. The number of hydrogen-bond acceptors (Lipinski definition) is 6. The summed E-state index contributed by atoms with van der Waals surface area (Å²) in [6.07, 6.45) is 0.920. The van der Waals surface area contributed by atoms with E-state index in [-0.39, 0.29) is 24.8 Å². The second kappa shape index (κ2) is 13.8. The Hall–Kier alpha value is -4.17. The molecule has 1 aromatic heterocycles. The van der Waals surface area contributed by atoms with Crippen LogP contribution in [0.1, 0.15) is 36.8 Å². The maximum absolute atomic E-state index is 12.8. The van der Waals surface area contributed by atoms with Gasteiger partial charge in [-0.1, -0.05) is 18.2 Å². The Morgan fingerprint density at radius 2 is 1.70 bits per heavy atom. The average molecular weight is 510 g/mol. The van der Waals surface area contributed by atoms with Crippen molar-refractivity contribution in [2.45, 2.75) is 32.9 Å². The highest BCUT2D eigenvalue weighted by atomic mass is 16.6. The minimum atomic E-state index is -0.658. The lowest BCUT2D eigenvalue weighted by Crippen LogP contribution is -2.43. The van der Waals surface area contributed by atoms with E-state index in [4.69, 9.17) is 11.3 Å². The summed E-state index contributed by atoms with van der Waals surface area (Å²) in [7, 11) is 3.84. The van der Waals surface area contributed by atoms with E-state index < -0.39 is 17.6 Å². The van der Waals surface area contributed by atoms with Gasteiger partial charge in [-0.3, -0.25) is 15.1 Å². The number of ether oxygens (including phenoxy) is 1.